The molecule has 1 amide bonds. The second-order valence-electron chi connectivity index (χ2n) is 8.41. The Balaban J connectivity index is 1.81. The van der Waals surface area contributed by atoms with Crippen LogP contribution < -0.4 is 20.8 Å². The lowest BCUT2D eigenvalue weighted by Gasteiger charge is -2.21. The van der Waals surface area contributed by atoms with Gasteiger partial charge in [0.15, 0.2) is 0 Å². The van der Waals surface area contributed by atoms with Crippen molar-refractivity contribution < 1.29 is 18.4 Å². The van der Waals surface area contributed by atoms with Crippen LogP contribution in [0.15, 0.2) is 48.7 Å². The van der Waals surface area contributed by atoms with Gasteiger partial charge in [0.25, 0.3) is 5.91 Å². The summed E-state index contributed by atoms with van der Waals surface area (Å²) in [7, 11) is -3.66. The molecule has 5 N–H and O–H groups in total. The zero-order chi connectivity index (χ0) is 25.1. The van der Waals surface area contributed by atoms with Crippen molar-refractivity contribution in [2.75, 3.05) is 15.4 Å². The second kappa shape index (κ2) is 9.84. The Hall–Kier alpha value is -3.41. The molecule has 0 atom stereocenters. The second-order valence-corrected chi connectivity index (χ2v) is 11.2. The lowest BCUT2D eigenvalue weighted by molar-refractivity contribution is 0.0706. The third-order valence-electron chi connectivity index (χ3n) is 4.76. The molecule has 0 fully saturated rings. The molecule has 10 nitrogen and oxygen atoms in total. The smallest absolute Gasteiger partial charge is 0.274 e. The topological polar surface area (TPSA) is 145 Å². The molecule has 2 aromatic carbocycles. The molecule has 3 rings (SSSR count). The molecule has 34 heavy (non-hydrogen) atoms. The van der Waals surface area contributed by atoms with E-state index in [0.717, 1.165) is 5.56 Å². The summed E-state index contributed by atoms with van der Waals surface area (Å²) < 4.78 is 26.6. The number of nitrogens with zero attached hydrogens (tertiary/aromatic N) is 2. The van der Waals surface area contributed by atoms with E-state index < -0.39 is 20.7 Å². The highest BCUT2D eigenvalue weighted by molar-refractivity contribution is 7.94. The van der Waals surface area contributed by atoms with Crippen LogP contribution in [0.4, 0.5) is 28.8 Å². The molecular formula is C22H25ClN6O4S. The number of nitrogens with one attached hydrogen (secondary N) is 4. The maximum absolute atomic E-state index is 12.5. The molecule has 0 aliphatic rings. The summed E-state index contributed by atoms with van der Waals surface area (Å²) in [6.07, 6.45) is 1.63. The van der Waals surface area contributed by atoms with Crippen molar-refractivity contribution in [3.8, 4) is 0 Å². The van der Waals surface area contributed by atoms with Gasteiger partial charge >= 0.3 is 0 Å². The Labute approximate surface area is 202 Å². The Kier molecular flexibility index (Phi) is 7.29. The Morgan fingerprint density at radius 2 is 1.68 bits per heavy atom. The number of hydrogen-bond donors (Lipinski definition) is 5. The molecule has 0 saturated heterocycles. The number of aromatic nitrogens is 2. The standard InChI is InChI=1S/C22H25ClN6O4S/c1-13-12-24-21(26-15-7-5-14(6-8-15)20(30)28-31)27-19(13)25-16-9-10-17(23)18(11-16)29-34(32,33)22(2,3)4/h5-12,29,31H,1-4H3,(H,28,30)(H2,24,25,26,27). The monoisotopic (exact) mass is 504 g/mol. The van der Waals surface area contributed by atoms with Gasteiger partial charge in [0.1, 0.15) is 5.82 Å². The van der Waals surface area contributed by atoms with Crippen LogP contribution in [0.1, 0.15) is 36.7 Å². The molecule has 3 aromatic rings. The van der Waals surface area contributed by atoms with Crippen molar-refractivity contribution >= 4 is 56.4 Å². The number of carbonyl (C=O) groups is 1. The van der Waals surface area contributed by atoms with Gasteiger partial charge in [0.2, 0.25) is 16.0 Å². The molecule has 12 heteroatoms. The van der Waals surface area contributed by atoms with Gasteiger partial charge in [0, 0.05) is 28.7 Å². The number of amides is 1. The highest BCUT2D eigenvalue weighted by Crippen LogP contribution is 2.30. The van der Waals surface area contributed by atoms with Gasteiger partial charge in [-0.05, 0) is 70.2 Å². The number of rotatable bonds is 7. The molecule has 0 bridgehead atoms. The van der Waals surface area contributed by atoms with Crippen LogP contribution in [-0.4, -0.2) is 34.2 Å². The van der Waals surface area contributed by atoms with Crippen molar-refractivity contribution in [1.29, 1.82) is 0 Å². The number of benzene rings is 2. The molecule has 0 saturated carbocycles. The number of anilines is 5. The third kappa shape index (κ3) is 5.93. The predicted molar refractivity (Wildman–Crippen MR) is 133 cm³/mol. The maximum Gasteiger partial charge on any atom is 0.274 e. The van der Waals surface area contributed by atoms with Crippen molar-refractivity contribution in [2.45, 2.75) is 32.4 Å². The van der Waals surface area contributed by atoms with Gasteiger partial charge in [-0.3, -0.25) is 14.7 Å². The number of carbonyl (C=O) groups excluding carboxylic acids is 1. The van der Waals surface area contributed by atoms with E-state index in [4.69, 9.17) is 16.8 Å². The van der Waals surface area contributed by atoms with Gasteiger partial charge in [-0.2, -0.15) is 4.98 Å². The van der Waals surface area contributed by atoms with Crippen molar-refractivity contribution in [1.82, 2.24) is 15.4 Å². The predicted octanol–water partition coefficient (Wildman–Crippen LogP) is 4.58. The van der Waals surface area contributed by atoms with Gasteiger partial charge in [-0.25, -0.2) is 18.9 Å². The first-order chi connectivity index (χ1) is 15.9. The SMILES string of the molecule is Cc1cnc(Nc2ccc(C(=O)NO)cc2)nc1Nc1ccc(Cl)c(NS(=O)(=O)C(C)(C)C)c1. The first-order valence-electron chi connectivity index (χ1n) is 10.1. The molecule has 0 aliphatic heterocycles. The molecule has 180 valence electrons. The van der Waals surface area contributed by atoms with E-state index in [1.807, 2.05) is 6.92 Å². The average molecular weight is 505 g/mol. The summed E-state index contributed by atoms with van der Waals surface area (Å²) in [5.74, 6) is 0.188. The van der Waals surface area contributed by atoms with E-state index in [-0.39, 0.29) is 10.7 Å². The zero-order valence-corrected chi connectivity index (χ0v) is 20.5. The minimum absolute atomic E-state index is 0.249. The first kappa shape index (κ1) is 25.2. The van der Waals surface area contributed by atoms with E-state index in [0.29, 0.717) is 28.7 Å². The molecule has 0 spiro atoms. The Morgan fingerprint density at radius 3 is 2.29 bits per heavy atom. The van der Waals surface area contributed by atoms with Crippen molar-refractivity contribution in [2.24, 2.45) is 0 Å². The first-order valence-corrected chi connectivity index (χ1v) is 12.0. The van der Waals surface area contributed by atoms with E-state index in [1.54, 1.807) is 62.8 Å². The summed E-state index contributed by atoms with van der Waals surface area (Å²) in [6.45, 7) is 6.62. The van der Waals surface area contributed by atoms with E-state index in [1.165, 1.54) is 12.1 Å². The summed E-state index contributed by atoms with van der Waals surface area (Å²) in [6, 6.07) is 11.2. The summed E-state index contributed by atoms with van der Waals surface area (Å²) in [5, 5.41) is 15.2. The molecule has 1 heterocycles. The van der Waals surface area contributed by atoms with Gasteiger partial charge in [-0.1, -0.05) is 11.6 Å². The fraction of sp³-hybridized carbons (Fsp3) is 0.227. The van der Waals surface area contributed by atoms with Crippen LogP contribution in [0, 0.1) is 6.92 Å². The Morgan fingerprint density at radius 1 is 1.03 bits per heavy atom. The number of sulfonamides is 1. The van der Waals surface area contributed by atoms with Crippen molar-refractivity contribution in [3.63, 3.8) is 0 Å². The summed E-state index contributed by atoms with van der Waals surface area (Å²) in [4.78, 5) is 20.2. The van der Waals surface area contributed by atoms with E-state index in [9.17, 15) is 13.2 Å². The lowest BCUT2D eigenvalue weighted by atomic mass is 10.2. The molecule has 0 radical (unpaired) electrons. The molecule has 0 aliphatic carbocycles. The van der Waals surface area contributed by atoms with Crippen LogP contribution in [-0.2, 0) is 10.0 Å². The minimum atomic E-state index is -3.66. The maximum atomic E-state index is 12.5. The lowest BCUT2D eigenvalue weighted by Crippen LogP contribution is -2.33. The largest absolute Gasteiger partial charge is 0.340 e. The van der Waals surface area contributed by atoms with Gasteiger partial charge in [-0.15, -0.1) is 0 Å². The fourth-order valence-corrected chi connectivity index (χ4v) is 3.63. The van der Waals surface area contributed by atoms with Crippen LogP contribution >= 0.6 is 11.6 Å². The van der Waals surface area contributed by atoms with Crippen LogP contribution in [0.5, 0.6) is 0 Å². The average Bonchev–Trinajstić information content (AvgIpc) is 2.77. The van der Waals surface area contributed by atoms with Crippen molar-refractivity contribution in [3.05, 3.63) is 64.8 Å². The third-order valence-corrected chi connectivity index (χ3v) is 7.19. The zero-order valence-electron chi connectivity index (χ0n) is 19.0. The normalized spacial score (nSPS) is 11.6. The quantitative estimate of drug-likeness (QED) is 0.232. The minimum Gasteiger partial charge on any atom is -0.340 e. The molecule has 0 unspecified atom stereocenters. The van der Waals surface area contributed by atoms with E-state index >= 15 is 0 Å². The van der Waals surface area contributed by atoms with Crippen LogP contribution in [0.3, 0.4) is 0 Å². The number of aryl methyl sites for hydroxylation is 1. The van der Waals surface area contributed by atoms with Gasteiger partial charge in [0.05, 0.1) is 15.5 Å². The number of hydroxylamine groups is 1. The number of hydrogen-bond acceptors (Lipinski definition) is 8. The summed E-state index contributed by atoms with van der Waals surface area (Å²) >= 11 is 6.21. The Bertz CT molecular complexity index is 1310. The highest BCUT2D eigenvalue weighted by Gasteiger charge is 2.29. The fourth-order valence-electron chi connectivity index (χ4n) is 2.64. The van der Waals surface area contributed by atoms with Crippen LogP contribution in [0.25, 0.3) is 0 Å². The molecular weight excluding hydrogens is 480 g/mol. The summed E-state index contributed by atoms with van der Waals surface area (Å²) in [5.41, 5.74) is 4.08. The number of halogens is 1. The van der Waals surface area contributed by atoms with Crippen LogP contribution in [0.2, 0.25) is 5.02 Å². The van der Waals surface area contributed by atoms with E-state index in [2.05, 4.69) is 25.3 Å². The van der Waals surface area contributed by atoms with Gasteiger partial charge < -0.3 is 10.6 Å². The molecule has 1 aromatic heterocycles. The highest BCUT2D eigenvalue weighted by atomic mass is 35.5.